The van der Waals surface area contributed by atoms with Gasteiger partial charge in [-0.3, -0.25) is 14.4 Å². The molecular weight excluding hydrogens is 598 g/mol. The van der Waals surface area contributed by atoms with Gasteiger partial charge in [-0.2, -0.15) is 0 Å². The van der Waals surface area contributed by atoms with Crippen LogP contribution in [0, 0.1) is 0 Å². The summed E-state index contributed by atoms with van der Waals surface area (Å²) in [5.41, 5.74) is 3.46. The lowest BCUT2D eigenvalue weighted by Crippen LogP contribution is -2.30. The van der Waals surface area contributed by atoms with Crippen LogP contribution in [0.3, 0.4) is 0 Å². The van der Waals surface area contributed by atoms with Crippen molar-refractivity contribution in [3.05, 3.63) is 119 Å². The maximum Gasteiger partial charge on any atom is 0.272 e. The third-order valence-electron chi connectivity index (χ3n) is 7.15. The molecule has 0 aliphatic rings. The second-order valence-electron chi connectivity index (χ2n) is 10.7. The van der Waals surface area contributed by atoms with Crippen LogP contribution in [0.25, 0.3) is 6.08 Å². The van der Waals surface area contributed by atoms with Gasteiger partial charge in [0.2, 0.25) is 5.91 Å². The lowest BCUT2D eigenvalue weighted by Gasteiger charge is -2.16. The van der Waals surface area contributed by atoms with E-state index in [0.29, 0.717) is 40.7 Å². The number of anilines is 2. The molecule has 0 radical (unpaired) electrons. The number of carbonyl (C=O) groups excluding carboxylic acids is 3. The topological polar surface area (TPSA) is 106 Å². The molecule has 4 aromatic carbocycles. The van der Waals surface area contributed by atoms with Gasteiger partial charge in [0.1, 0.15) is 17.2 Å². The maximum absolute atomic E-state index is 13.6. The van der Waals surface area contributed by atoms with E-state index in [2.05, 4.69) is 29.8 Å². The summed E-state index contributed by atoms with van der Waals surface area (Å²) >= 11 is 1.42. The third-order valence-corrected chi connectivity index (χ3v) is 8.51. The average Bonchev–Trinajstić information content (AvgIpc) is 3.07. The summed E-state index contributed by atoms with van der Waals surface area (Å²) in [6, 6.07) is 29.0. The Morgan fingerprint density at radius 2 is 1.54 bits per heavy atom. The zero-order valence-electron chi connectivity index (χ0n) is 26.6. The van der Waals surface area contributed by atoms with Gasteiger partial charge in [-0.15, -0.1) is 11.8 Å². The van der Waals surface area contributed by atoms with Gasteiger partial charge in [-0.05, 0) is 78.6 Å². The van der Waals surface area contributed by atoms with Crippen molar-refractivity contribution < 1.29 is 23.9 Å². The Bertz CT molecular complexity index is 1690. The molecule has 3 amide bonds. The molecule has 1 atom stereocenters. The van der Waals surface area contributed by atoms with Gasteiger partial charge in [-0.1, -0.05) is 57.2 Å². The van der Waals surface area contributed by atoms with E-state index in [-0.39, 0.29) is 16.9 Å². The molecule has 238 valence electrons. The molecule has 0 bridgehead atoms. The van der Waals surface area contributed by atoms with E-state index in [1.54, 1.807) is 67.8 Å². The van der Waals surface area contributed by atoms with Crippen molar-refractivity contribution in [2.75, 3.05) is 24.9 Å². The summed E-state index contributed by atoms with van der Waals surface area (Å²) in [6.07, 6.45) is 2.16. The summed E-state index contributed by atoms with van der Waals surface area (Å²) in [6.45, 7) is 6.22. The summed E-state index contributed by atoms with van der Waals surface area (Å²) in [4.78, 5) is 40.7. The molecular formula is C37H39N3O5S. The van der Waals surface area contributed by atoms with E-state index in [1.165, 1.54) is 24.4 Å². The molecule has 0 spiro atoms. The molecule has 8 nitrogen and oxygen atoms in total. The molecule has 4 aromatic rings. The van der Waals surface area contributed by atoms with Gasteiger partial charge in [-0.25, -0.2) is 0 Å². The van der Waals surface area contributed by atoms with Crippen LogP contribution in [0.1, 0.15) is 54.6 Å². The number of hydrogen-bond donors (Lipinski definition) is 3. The summed E-state index contributed by atoms with van der Waals surface area (Å²) < 4.78 is 10.8. The van der Waals surface area contributed by atoms with Crippen molar-refractivity contribution in [2.24, 2.45) is 0 Å². The van der Waals surface area contributed by atoms with Crippen LogP contribution in [0.2, 0.25) is 0 Å². The second kappa shape index (κ2) is 16.3. The largest absolute Gasteiger partial charge is 0.497 e. The first-order chi connectivity index (χ1) is 22.2. The molecule has 0 saturated heterocycles. The first-order valence-electron chi connectivity index (χ1n) is 15.0. The van der Waals surface area contributed by atoms with E-state index in [1.807, 2.05) is 49.4 Å². The van der Waals surface area contributed by atoms with Crippen LogP contribution in [0.15, 0.2) is 108 Å². The van der Waals surface area contributed by atoms with Gasteiger partial charge in [0.15, 0.2) is 0 Å². The second-order valence-corrected chi connectivity index (χ2v) is 12.0. The maximum atomic E-state index is 13.6. The lowest BCUT2D eigenvalue weighted by atomic mass is 10.0. The first-order valence-corrected chi connectivity index (χ1v) is 15.9. The Hall–Kier alpha value is -5.02. The minimum Gasteiger partial charge on any atom is -0.497 e. The monoisotopic (exact) mass is 637 g/mol. The molecule has 1 unspecified atom stereocenters. The fourth-order valence-electron chi connectivity index (χ4n) is 4.54. The summed E-state index contributed by atoms with van der Waals surface area (Å²) in [5.74, 6) is 0.408. The number of hydrogen-bond acceptors (Lipinski definition) is 6. The number of ether oxygens (including phenoxy) is 2. The van der Waals surface area contributed by atoms with E-state index >= 15 is 0 Å². The van der Waals surface area contributed by atoms with Gasteiger partial charge in [0.25, 0.3) is 11.8 Å². The Labute approximate surface area is 274 Å². The fraction of sp³-hybridized carbons (Fsp3) is 0.216. The molecule has 0 heterocycles. The number of carbonyl (C=O) groups is 3. The van der Waals surface area contributed by atoms with Gasteiger partial charge >= 0.3 is 0 Å². The Morgan fingerprint density at radius 3 is 2.20 bits per heavy atom. The fourth-order valence-corrected chi connectivity index (χ4v) is 5.56. The van der Waals surface area contributed by atoms with Crippen LogP contribution >= 0.6 is 11.8 Å². The molecule has 3 N–H and O–H groups in total. The quantitative estimate of drug-likeness (QED) is 0.102. The van der Waals surface area contributed by atoms with Crippen molar-refractivity contribution in [2.45, 2.75) is 43.3 Å². The van der Waals surface area contributed by atoms with Gasteiger partial charge in [0.05, 0.1) is 19.5 Å². The van der Waals surface area contributed by atoms with Crippen LogP contribution in [-0.2, 0) is 9.59 Å². The lowest BCUT2D eigenvalue weighted by molar-refractivity contribution is -0.116. The predicted octanol–water partition coefficient (Wildman–Crippen LogP) is 7.75. The van der Waals surface area contributed by atoms with Crippen molar-refractivity contribution >= 4 is 46.9 Å². The number of rotatable bonds is 13. The highest BCUT2D eigenvalue weighted by Crippen LogP contribution is 2.30. The highest BCUT2D eigenvalue weighted by molar-refractivity contribution is 8.00. The molecule has 0 saturated carbocycles. The van der Waals surface area contributed by atoms with Crippen molar-refractivity contribution in [3.8, 4) is 11.5 Å². The van der Waals surface area contributed by atoms with Crippen LogP contribution in [0.4, 0.5) is 11.4 Å². The molecule has 0 aliphatic heterocycles. The average molecular weight is 638 g/mol. The normalized spacial score (nSPS) is 11.8. The molecule has 9 heteroatoms. The Kier molecular flexibility index (Phi) is 12.0. The summed E-state index contributed by atoms with van der Waals surface area (Å²) in [7, 11) is 3.07. The summed E-state index contributed by atoms with van der Waals surface area (Å²) in [5, 5.41) is 8.31. The smallest absolute Gasteiger partial charge is 0.272 e. The number of thioether (sulfide) groups is 1. The molecule has 0 aliphatic carbocycles. The van der Waals surface area contributed by atoms with E-state index in [9.17, 15) is 14.4 Å². The highest BCUT2D eigenvalue weighted by atomic mass is 32.2. The first kappa shape index (κ1) is 33.9. The van der Waals surface area contributed by atoms with E-state index in [4.69, 9.17) is 9.47 Å². The van der Waals surface area contributed by atoms with Crippen molar-refractivity contribution in [1.82, 2.24) is 5.32 Å². The molecule has 0 fully saturated rings. The molecule has 46 heavy (non-hydrogen) atoms. The highest BCUT2D eigenvalue weighted by Gasteiger charge is 2.20. The number of amides is 3. The predicted molar refractivity (Wildman–Crippen MR) is 186 cm³/mol. The zero-order chi connectivity index (χ0) is 33.1. The standard InChI is InChI=1S/C37H39N3O5S/c1-6-34(37(43)38-28-18-15-25(16-19-28)24(2)3)46-31-14-10-13-29(22-31)39-36(42)32(40-35(41)26-11-8-7-9-12-26)21-27-17-20-30(44-4)23-33(27)45-5/h7-24,34H,6H2,1-5H3,(H,38,43)(H,39,42)(H,40,41)/b32-21+. The van der Waals surface area contributed by atoms with Gasteiger partial charge < -0.3 is 25.4 Å². The number of benzene rings is 4. The van der Waals surface area contributed by atoms with Crippen LogP contribution < -0.4 is 25.4 Å². The van der Waals surface area contributed by atoms with E-state index in [0.717, 1.165) is 10.6 Å². The third kappa shape index (κ3) is 9.25. The van der Waals surface area contributed by atoms with Gasteiger partial charge in [0, 0.05) is 33.5 Å². The van der Waals surface area contributed by atoms with Crippen molar-refractivity contribution in [3.63, 3.8) is 0 Å². The number of methoxy groups -OCH3 is 2. The number of nitrogens with one attached hydrogen (secondary N) is 3. The van der Waals surface area contributed by atoms with Crippen LogP contribution in [0.5, 0.6) is 11.5 Å². The van der Waals surface area contributed by atoms with Crippen molar-refractivity contribution in [1.29, 1.82) is 0 Å². The minimum absolute atomic E-state index is 0.0182. The Morgan fingerprint density at radius 1 is 0.804 bits per heavy atom. The van der Waals surface area contributed by atoms with E-state index < -0.39 is 11.8 Å². The minimum atomic E-state index is -0.529. The Balaban J connectivity index is 1.52. The SMILES string of the molecule is CCC(Sc1cccc(NC(=O)/C(=C\c2ccc(OC)cc2OC)NC(=O)c2ccccc2)c1)C(=O)Nc1ccc(C(C)C)cc1. The zero-order valence-corrected chi connectivity index (χ0v) is 27.4. The molecule has 0 aromatic heterocycles. The van der Waals surface area contributed by atoms with Crippen LogP contribution in [-0.4, -0.2) is 37.2 Å². The molecule has 4 rings (SSSR count).